The van der Waals surface area contributed by atoms with Gasteiger partial charge in [0.1, 0.15) is 0 Å². The normalized spacial score (nSPS) is 23.7. The van der Waals surface area contributed by atoms with Crippen LogP contribution in [0.3, 0.4) is 0 Å². The Morgan fingerprint density at radius 1 is 1.33 bits per heavy atom. The Morgan fingerprint density at radius 2 is 2.24 bits per heavy atom. The fourth-order valence-electron chi connectivity index (χ4n) is 3.61. The molecule has 2 aromatic rings. The largest absolute Gasteiger partial charge is 0.359 e. The van der Waals surface area contributed by atoms with E-state index in [-0.39, 0.29) is 5.43 Å². The molecular formula is C16H16ClN3O. The number of nitrogens with one attached hydrogen (secondary N) is 2. The monoisotopic (exact) mass is 301 g/mol. The van der Waals surface area contributed by atoms with Gasteiger partial charge in [-0.25, -0.2) is 0 Å². The summed E-state index contributed by atoms with van der Waals surface area (Å²) in [6.07, 6.45) is 5.58. The topological polar surface area (TPSA) is 57.8 Å². The summed E-state index contributed by atoms with van der Waals surface area (Å²) in [4.78, 5) is 20.2. The molecule has 1 fully saturated rings. The minimum Gasteiger partial charge on any atom is -0.359 e. The number of aromatic nitrogens is 2. The standard InChI is InChI=1S/C16H16ClN3O/c17-13-3-4-19-16(13)14-5-15(21)10-2-1-9-6-18-7-11(9)12(10)8-20-14/h3-5,8-9,11,18-19H,1-2,6-7H2. The Labute approximate surface area is 127 Å². The van der Waals surface area contributed by atoms with Crippen molar-refractivity contribution in [3.63, 3.8) is 0 Å². The van der Waals surface area contributed by atoms with Gasteiger partial charge in [0, 0.05) is 36.5 Å². The van der Waals surface area contributed by atoms with Crippen LogP contribution >= 0.6 is 11.6 Å². The van der Waals surface area contributed by atoms with E-state index in [0.29, 0.717) is 28.2 Å². The summed E-state index contributed by atoms with van der Waals surface area (Å²) in [5, 5.41) is 4.02. The van der Waals surface area contributed by atoms with Crippen molar-refractivity contribution in [1.29, 1.82) is 0 Å². The van der Waals surface area contributed by atoms with Gasteiger partial charge in [-0.3, -0.25) is 9.78 Å². The van der Waals surface area contributed by atoms with Gasteiger partial charge in [-0.15, -0.1) is 0 Å². The number of aromatic amines is 1. The number of fused-ring (bicyclic) bond motifs is 3. The van der Waals surface area contributed by atoms with Gasteiger partial charge in [0.15, 0.2) is 5.43 Å². The molecule has 1 aliphatic carbocycles. The highest BCUT2D eigenvalue weighted by Gasteiger charge is 2.34. The van der Waals surface area contributed by atoms with E-state index in [0.717, 1.165) is 37.1 Å². The van der Waals surface area contributed by atoms with E-state index in [2.05, 4.69) is 15.3 Å². The van der Waals surface area contributed by atoms with E-state index in [1.165, 1.54) is 0 Å². The molecule has 0 radical (unpaired) electrons. The van der Waals surface area contributed by atoms with Gasteiger partial charge in [0.05, 0.1) is 16.4 Å². The minimum atomic E-state index is 0.0773. The highest BCUT2D eigenvalue weighted by atomic mass is 35.5. The lowest BCUT2D eigenvalue weighted by atomic mass is 9.78. The third-order valence-corrected chi connectivity index (χ3v) is 5.03. The average molecular weight is 302 g/mol. The Kier molecular flexibility index (Phi) is 3.08. The summed E-state index contributed by atoms with van der Waals surface area (Å²) in [5.41, 5.74) is 3.46. The van der Waals surface area contributed by atoms with Crippen LogP contribution in [0, 0.1) is 5.92 Å². The molecule has 2 aromatic heterocycles. The fraction of sp³-hybridized carbons (Fsp3) is 0.375. The molecule has 4 rings (SSSR count). The maximum atomic E-state index is 12.6. The molecule has 0 spiro atoms. The molecular weight excluding hydrogens is 286 g/mol. The summed E-state index contributed by atoms with van der Waals surface area (Å²) in [5.74, 6) is 1.06. The molecule has 5 heteroatoms. The summed E-state index contributed by atoms with van der Waals surface area (Å²) in [7, 11) is 0. The van der Waals surface area contributed by atoms with Gasteiger partial charge in [-0.1, -0.05) is 11.6 Å². The molecule has 4 nitrogen and oxygen atoms in total. The van der Waals surface area contributed by atoms with Crippen molar-refractivity contribution in [2.75, 3.05) is 13.1 Å². The third-order valence-electron chi connectivity index (χ3n) is 4.71. The Hall–Kier alpha value is -1.65. The lowest BCUT2D eigenvalue weighted by molar-refractivity contribution is 0.450. The van der Waals surface area contributed by atoms with Gasteiger partial charge in [0.2, 0.25) is 0 Å². The second kappa shape index (κ2) is 4.97. The van der Waals surface area contributed by atoms with Crippen LogP contribution in [0.25, 0.3) is 11.4 Å². The molecule has 0 saturated carbocycles. The Balaban J connectivity index is 1.89. The van der Waals surface area contributed by atoms with Crippen LogP contribution < -0.4 is 10.7 Å². The van der Waals surface area contributed by atoms with Crippen molar-refractivity contribution in [3.05, 3.63) is 50.9 Å². The minimum absolute atomic E-state index is 0.0773. The number of H-pyrrole nitrogens is 1. The number of rotatable bonds is 1. The van der Waals surface area contributed by atoms with Crippen molar-refractivity contribution in [2.45, 2.75) is 18.8 Å². The number of hydrogen-bond donors (Lipinski definition) is 2. The van der Waals surface area contributed by atoms with E-state index in [1.807, 2.05) is 6.20 Å². The number of nitrogens with zero attached hydrogens (tertiary/aromatic N) is 1. The van der Waals surface area contributed by atoms with Crippen LogP contribution in [-0.4, -0.2) is 23.1 Å². The number of hydrogen-bond acceptors (Lipinski definition) is 3. The van der Waals surface area contributed by atoms with E-state index in [4.69, 9.17) is 11.6 Å². The van der Waals surface area contributed by atoms with Gasteiger partial charge in [-0.2, -0.15) is 0 Å². The zero-order chi connectivity index (χ0) is 14.4. The van der Waals surface area contributed by atoms with E-state index in [1.54, 1.807) is 18.3 Å². The summed E-state index contributed by atoms with van der Waals surface area (Å²) >= 11 is 6.14. The fourth-order valence-corrected chi connectivity index (χ4v) is 3.82. The molecule has 0 aromatic carbocycles. The van der Waals surface area contributed by atoms with Crippen LogP contribution in [0.1, 0.15) is 23.5 Å². The number of halogens is 1. The molecule has 3 heterocycles. The SMILES string of the molecule is O=c1cc(-c2[nH]ccc2Cl)ncc2c1CCC1CNCC21. The molecule has 21 heavy (non-hydrogen) atoms. The molecule has 2 atom stereocenters. The molecule has 0 bridgehead atoms. The van der Waals surface area contributed by atoms with Gasteiger partial charge in [0.25, 0.3) is 0 Å². The highest BCUT2D eigenvalue weighted by Crippen LogP contribution is 2.37. The molecule has 2 N–H and O–H groups in total. The Morgan fingerprint density at radius 3 is 3.05 bits per heavy atom. The van der Waals surface area contributed by atoms with Crippen molar-refractivity contribution in [3.8, 4) is 11.4 Å². The first-order valence-corrected chi connectivity index (χ1v) is 7.69. The van der Waals surface area contributed by atoms with Crippen molar-refractivity contribution >= 4 is 11.6 Å². The molecule has 1 aliphatic heterocycles. The maximum Gasteiger partial charge on any atom is 0.184 e. The quantitative estimate of drug-likeness (QED) is 0.850. The third kappa shape index (κ3) is 2.10. The maximum absolute atomic E-state index is 12.6. The van der Waals surface area contributed by atoms with Crippen molar-refractivity contribution in [2.24, 2.45) is 5.92 Å². The van der Waals surface area contributed by atoms with Crippen LogP contribution in [0.2, 0.25) is 5.02 Å². The highest BCUT2D eigenvalue weighted by molar-refractivity contribution is 6.33. The second-order valence-corrected chi connectivity index (χ2v) is 6.26. The van der Waals surface area contributed by atoms with E-state index in [9.17, 15) is 4.79 Å². The van der Waals surface area contributed by atoms with Gasteiger partial charge >= 0.3 is 0 Å². The smallest absolute Gasteiger partial charge is 0.184 e. The summed E-state index contributed by atoms with van der Waals surface area (Å²) in [6, 6.07) is 3.38. The van der Waals surface area contributed by atoms with Crippen LogP contribution in [0.5, 0.6) is 0 Å². The lowest BCUT2D eigenvalue weighted by Crippen LogP contribution is -2.22. The molecule has 0 amide bonds. The zero-order valence-corrected chi connectivity index (χ0v) is 12.3. The molecule has 2 unspecified atom stereocenters. The predicted octanol–water partition coefficient (Wildman–Crippen LogP) is 2.34. The first-order chi connectivity index (χ1) is 10.2. The first-order valence-electron chi connectivity index (χ1n) is 7.31. The predicted molar refractivity (Wildman–Crippen MR) is 82.7 cm³/mol. The van der Waals surface area contributed by atoms with Gasteiger partial charge < -0.3 is 10.3 Å². The molecule has 1 saturated heterocycles. The lowest BCUT2D eigenvalue weighted by Gasteiger charge is -2.25. The van der Waals surface area contributed by atoms with Crippen LogP contribution in [0.4, 0.5) is 0 Å². The zero-order valence-electron chi connectivity index (χ0n) is 11.5. The summed E-state index contributed by atoms with van der Waals surface area (Å²) in [6.45, 7) is 1.99. The van der Waals surface area contributed by atoms with Crippen molar-refractivity contribution in [1.82, 2.24) is 15.3 Å². The van der Waals surface area contributed by atoms with Gasteiger partial charge in [-0.05, 0) is 36.9 Å². The Bertz CT molecular complexity index is 755. The van der Waals surface area contributed by atoms with Crippen molar-refractivity contribution < 1.29 is 0 Å². The summed E-state index contributed by atoms with van der Waals surface area (Å²) < 4.78 is 0. The average Bonchev–Trinajstić information content (AvgIpc) is 3.08. The van der Waals surface area contributed by atoms with E-state index >= 15 is 0 Å². The van der Waals surface area contributed by atoms with E-state index < -0.39 is 0 Å². The second-order valence-electron chi connectivity index (χ2n) is 5.85. The molecule has 2 aliphatic rings. The van der Waals surface area contributed by atoms with Crippen LogP contribution in [0.15, 0.2) is 29.3 Å². The first kappa shape index (κ1) is 13.0. The molecule has 108 valence electrons. The van der Waals surface area contributed by atoms with Crippen LogP contribution in [-0.2, 0) is 6.42 Å².